The molecule has 1 aromatic carbocycles. The summed E-state index contributed by atoms with van der Waals surface area (Å²) >= 11 is 1.58. The van der Waals surface area contributed by atoms with Crippen LogP contribution in [0.5, 0.6) is 0 Å². The van der Waals surface area contributed by atoms with E-state index >= 15 is 0 Å². The van der Waals surface area contributed by atoms with Gasteiger partial charge >= 0.3 is 0 Å². The normalized spacial score (nSPS) is 16.4. The van der Waals surface area contributed by atoms with Crippen molar-refractivity contribution in [2.24, 2.45) is 11.7 Å². The van der Waals surface area contributed by atoms with Crippen LogP contribution in [0.15, 0.2) is 48.8 Å². The number of piperazine rings is 1. The van der Waals surface area contributed by atoms with Crippen molar-refractivity contribution in [1.29, 1.82) is 0 Å². The first-order valence-corrected chi connectivity index (χ1v) is 13.0. The molecular formula is C27H30N6O2S. The molecule has 3 heterocycles. The highest BCUT2D eigenvalue weighted by atomic mass is 32.1. The molecule has 1 saturated heterocycles. The summed E-state index contributed by atoms with van der Waals surface area (Å²) in [5.41, 5.74) is 9.89. The predicted octanol–water partition coefficient (Wildman–Crippen LogP) is 3.81. The van der Waals surface area contributed by atoms with Gasteiger partial charge in [0.25, 0.3) is 0 Å². The Morgan fingerprint density at radius 1 is 1.17 bits per heavy atom. The Balaban J connectivity index is 1.39. The van der Waals surface area contributed by atoms with E-state index in [2.05, 4.69) is 32.3 Å². The molecule has 2 fully saturated rings. The molecule has 5 rings (SSSR count). The van der Waals surface area contributed by atoms with Crippen LogP contribution >= 0.6 is 11.3 Å². The van der Waals surface area contributed by atoms with Crippen molar-refractivity contribution >= 4 is 40.0 Å². The van der Waals surface area contributed by atoms with E-state index in [0.717, 1.165) is 83.6 Å². The quantitative estimate of drug-likeness (QED) is 0.454. The van der Waals surface area contributed by atoms with E-state index in [1.165, 1.54) is 6.08 Å². The Hall–Kier alpha value is -3.56. The first-order valence-electron chi connectivity index (χ1n) is 12.2. The van der Waals surface area contributed by atoms with Crippen LogP contribution in [0.1, 0.15) is 28.8 Å². The Bertz CT molecular complexity index is 1290. The van der Waals surface area contributed by atoms with Gasteiger partial charge in [-0.2, -0.15) is 0 Å². The summed E-state index contributed by atoms with van der Waals surface area (Å²) in [7, 11) is 0. The number of nitrogens with zero attached hydrogens (tertiary/aromatic N) is 4. The maximum absolute atomic E-state index is 12.4. The van der Waals surface area contributed by atoms with Gasteiger partial charge in [0.05, 0.1) is 11.4 Å². The summed E-state index contributed by atoms with van der Waals surface area (Å²) in [4.78, 5) is 38.5. The van der Waals surface area contributed by atoms with Crippen molar-refractivity contribution in [3.63, 3.8) is 0 Å². The highest BCUT2D eigenvalue weighted by Gasteiger charge is 2.34. The van der Waals surface area contributed by atoms with Gasteiger partial charge in [0.1, 0.15) is 0 Å². The zero-order valence-corrected chi connectivity index (χ0v) is 21.1. The molecule has 0 atom stereocenters. The minimum atomic E-state index is -0.499. The molecule has 36 heavy (non-hydrogen) atoms. The smallest absolute Gasteiger partial charge is 0.241 e. The van der Waals surface area contributed by atoms with Crippen molar-refractivity contribution in [3.05, 3.63) is 64.8 Å². The summed E-state index contributed by atoms with van der Waals surface area (Å²) < 4.78 is 0. The molecule has 2 aliphatic rings. The standard InChI is InChI=1S/C27H30N6O2S/c1-18-16-30-27(36-18)31-23-3-2-10-29-25(23)22-15-19(4-5-20(22)8-9-24(28)34)17-32-11-13-33(14-12-32)26(35)21-6-7-21/h2-5,8-10,15-16,21H,6-7,11-14,17H2,1H3,(H2,28,34)(H,30,31). The number of primary amides is 1. The lowest BCUT2D eigenvalue weighted by molar-refractivity contribution is -0.134. The van der Waals surface area contributed by atoms with E-state index in [0.29, 0.717) is 5.91 Å². The van der Waals surface area contributed by atoms with Crippen LogP contribution in [0, 0.1) is 12.8 Å². The van der Waals surface area contributed by atoms with Crippen LogP contribution in [0.25, 0.3) is 17.3 Å². The molecule has 186 valence electrons. The molecule has 8 nitrogen and oxygen atoms in total. The minimum Gasteiger partial charge on any atom is -0.366 e. The number of hydrogen-bond donors (Lipinski definition) is 2. The number of aromatic nitrogens is 2. The van der Waals surface area contributed by atoms with E-state index < -0.39 is 5.91 Å². The zero-order chi connectivity index (χ0) is 25.1. The van der Waals surface area contributed by atoms with Crippen LogP contribution < -0.4 is 11.1 Å². The van der Waals surface area contributed by atoms with Gasteiger partial charge in [0.15, 0.2) is 5.13 Å². The van der Waals surface area contributed by atoms with Crippen LogP contribution in [0.3, 0.4) is 0 Å². The summed E-state index contributed by atoms with van der Waals surface area (Å²) in [5, 5.41) is 4.19. The second kappa shape index (κ2) is 10.6. The lowest BCUT2D eigenvalue weighted by Crippen LogP contribution is -2.48. The monoisotopic (exact) mass is 502 g/mol. The number of pyridine rings is 1. The Morgan fingerprint density at radius 2 is 1.97 bits per heavy atom. The molecule has 1 saturated carbocycles. The Morgan fingerprint density at radius 3 is 2.67 bits per heavy atom. The van der Waals surface area contributed by atoms with Gasteiger partial charge in [-0.05, 0) is 55.2 Å². The average Bonchev–Trinajstić information content (AvgIpc) is 3.65. The number of carbonyl (C=O) groups excluding carboxylic acids is 2. The van der Waals surface area contributed by atoms with Crippen molar-refractivity contribution in [3.8, 4) is 11.3 Å². The van der Waals surface area contributed by atoms with E-state index in [4.69, 9.17) is 5.73 Å². The van der Waals surface area contributed by atoms with Crippen molar-refractivity contribution in [2.75, 3.05) is 31.5 Å². The molecule has 0 radical (unpaired) electrons. The predicted molar refractivity (Wildman–Crippen MR) is 143 cm³/mol. The summed E-state index contributed by atoms with van der Waals surface area (Å²) in [6.07, 6.45) is 8.79. The lowest BCUT2D eigenvalue weighted by Gasteiger charge is -2.35. The minimum absolute atomic E-state index is 0.273. The molecule has 3 aromatic rings. The lowest BCUT2D eigenvalue weighted by atomic mass is 9.98. The highest BCUT2D eigenvalue weighted by molar-refractivity contribution is 7.15. The maximum atomic E-state index is 12.4. The molecule has 0 bridgehead atoms. The van der Waals surface area contributed by atoms with Gasteiger partial charge < -0.3 is 16.0 Å². The van der Waals surface area contributed by atoms with Gasteiger partial charge in [0.2, 0.25) is 11.8 Å². The number of aryl methyl sites for hydroxylation is 1. The van der Waals surface area contributed by atoms with Gasteiger partial charge in [-0.3, -0.25) is 19.5 Å². The molecule has 9 heteroatoms. The number of thiazole rings is 1. The van der Waals surface area contributed by atoms with Crippen LogP contribution in [-0.2, 0) is 16.1 Å². The number of hydrogen-bond acceptors (Lipinski definition) is 7. The molecule has 0 unspecified atom stereocenters. The van der Waals surface area contributed by atoms with E-state index in [-0.39, 0.29) is 5.92 Å². The highest BCUT2D eigenvalue weighted by Crippen LogP contribution is 2.34. The number of nitrogens with two attached hydrogens (primary N) is 1. The SMILES string of the molecule is Cc1cnc(Nc2cccnc2-c2cc(CN3CCN(C(=O)C4CC4)CC3)ccc2C=CC(N)=O)s1. The van der Waals surface area contributed by atoms with Gasteiger partial charge in [-0.25, -0.2) is 4.98 Å². The number of amides is 2. The molecule has 1 aliphatic carbocycles. The van der Waals surface area contributed by atoms with Crippen LogP contribution in [0.2, 0.25) is 0 Å². The van der Waals surface area contributed by atoms with Crippen molar-refractivity contribution in [2.45, 2.75) is 26.3 Å². The number of nitrogens with one attached hydrogen (secondary N) is 1. The topological polar surface area (TPSA) is 104 Å². The largest absolute Gasteiger partial charge is 0.366 e. The number of anilines is 2. The fraction of sp³-hybridized carbons (Fsp3) is 0.333. The zero-order valence-electron chi connectivity index (χ0n) is 20.3. The van der Waals surface area contributed by atoms with Crippen molar-refractivity contribution < 1.29 is 9.59 Å². The van der Waals surface area contributed by atoms with Gasteiger partial charge in [-0.15, -0.1) is 11.3 Å². The van der Waals surface area contributed by atoms with E-state index in [1.54, 1.807) is 23.6 Å². The molecular weight excluding hydrogens is 472 g/mol. The van der Waals surface area contributed by atoms with Gasteiger partial charge in [-0.1, -0.05) is 12.1 Å². The number of rotatable bonds is 8. The Kier molecular flexibility index (Phi) is 7.11. The number of benzene rings is 1. The average molecular weight is 503 g/mol. The summed E-state index contributed by atoms with van der Waals surface area (Å²) in [5.74, 6) is 0.101. The fourth-order valence-electron chi connectivity index (χ4n) is 4.45. The van der Waals surface area contributed by atoms with Crippen LogP contribution in [0.4, 0.5) is 10.8 Å². The molecule has 2 aromatic heterocycles. The van der Waals surface area contributed by atoms with Gasteiger partial charge in [0, 0.05) is 67.6 Å². The third kappa shape index (κ3) is 5.80. The summed E-state index contributed by atoms with van der Waals surface area (Å²) in [6, 6.07) is 10.1. The molecule has 3 N–H and O–H groups in total. The third-order valence-electron chi connectivity index (χ3n) is 6.49. The molecule has 1 aliphatic heterocycles. The van der Waals surface area contributed by atoms with Crippen molar-refractivity contribution in [1.82, 2.24) is 19.8 Å². The maximum Gasteiger partial charge on any atom is 0.241 e. The number of carbonyl (C=O) groups is 2. The first-order chi connectivity index (χ1) is 17.5. The first kappa shape index (κ1) is 24.1. The third-order valence-corrected chi connectivity index (χ3v) is 7.32. The van der Waals surface area contributed by atoms with E-state index in [1.807, 2.05) is 36.2 Å². The molecule has 2 amide bonds. The fourth-order valence-corrected chi connectivity index (χ4v) is 5.12. The molecule has 0 spiro atoms. The second-order valence-electron chi connectivity index (χ2n) is 9.33. The van der Waals surface area contributed by atoms with E-state index in [9.17, 15) is 9.59 Å². The summed E-state index contributed by atoms with van der Waals surface area (Å²) in [6.45, 7) is 6.07. The van der Waals surface area contributed by atoms with Crippen LogP contribution in [-0.4, -0.2) is 57.8 Å². The second-order valence-corrected chi connectivity index (χ2v) is 10.6. The Labute approximate surface area is 214 Å².